The van der Waals surface area contributed by atoms with Crippen LogP contribution in [0.15, 0.2) is 0 Å². The molecular formula is C15H31N3. The van der Waals surface area contributed by atoms with Gasteiger partial charge >= 0.3 is 0 Å². The van der Waals surface area contributed by atoms with Gasteiger partial charge < -0.3 is 5.32 Å². The first-order valence-electron chi connectivity index (χ1n) is 7.71. The van der Waals surface area contributed by atoms with E-state index in [-0.39, 0.29) is 0 Å². The highest BCUT2D eigenvalue weighted by molar-refractivity contribution is 4.93. The van der Waals surface area contributed by atoms with Crippen LogP contribution in [0.2, 0.25) is 0 Å². The Balaban J connectivity index is 1.91. The average Bonchev–Trinajstić information content (AvgIpc) is 2.33. The zero-order valence-electron chi connectivity index (χ0n) is 12.7. The van der Waals surface area contributed by atoms with Crippen LogP contribution in [0.4, 0.5) is 0 Å². The first-order chi connectivity index (χ1) is 8.53. The maximum atomic E-state index is 3.65. The van der Waals surface area contributed by atoms with Crippen LogP contribution in [0.25, 0.3) is 0 Å². The lowest BCUT2D eigenvalue weighted by Crippen LogP contribution is -2.60. The molecule has 0 amide bonds. The van der Waals surface area contributed by atoms with E-state index in [1.165, 1.54) is 45.3 Å². The Kier molecular flexibility index (Phi) is 4.68. The molecule has 1 aliphatic carbocycles. The molecule has 2 aliphatic rings. The minimum atomic E-state index is 0.337. The highest BCUT2D eigenvalue weighted by Gasteiger charge is 2.35. The molecule has 2 rings (SSSR count). The first-order valence-corrected chi connectivity index (χ1v) is 7.71. The van der Waals surface area contributed by atoms with Crippen molar-refractivity contribution in [3.8, 4) is 0 Å². The summed E-state index contributed by atoms with van der Waals surface area (Å²) in [6.07, 6.45) is 5.53. The number of rotatable bonds is 3. The van der Waals surface area contributed by atoms with Gasteiger partial charge in [-0.3, -0.25) is 9.80 Å². The molecule has 2 fully saturated rings. The summed E-state index contributed by atoms with van der Waals surface area (Å²) in [5.41, 5.74) is 0.337. The molecule has 1 saturated heterocycles. The molecule has 0 bridgehead atoms. The fourth-order valence-corrected chi connectivity index (χ4v) is 3.56. The second-order valence-corrected chi connectivity index (χ2v) is 6.78. The molecule has 18 heavy (non-hydrogen) atoms. The molecule has 0 radical (unpaired) electrons. The van der Waals surface area contributed by atoms with E-state index < -0.39 is 0 Å². The monoisotopic (exact) mass is 253 g/mol. The van der Waals surface area contributed by atoms with E-state index in [2.05, 4.69) is 42.9 Å². The Bertz CT molecular complexity index is 262. The second-order valence-electron chi connectivity index (χ2n) is 6.78. The molecule has 0 spiro atoms. The minimum absolute atomic E-state index is 0.337. The highest BCUT2D eigenvalue weighted by atomic mass is 15.3. The van der Waals surface area contributed by atoms with E-state index in [9.17, 15) is 0 Å². The van der Waals surface area contributed by atoms with Crippen LogP contribution in [-0.2, 0) is 0 Å². The predicted molar refractivity (Wildman–Crippen MR) is 78.0 cm³/mol. The van der Waals surface area contributed by atoms with Gasteiger partial charge in [0.2, 0.25) is 0 Å². The number of hydrogen-bond donors (Lipinski definition) is 1. The van der Waals surface area contributed by atoms with E-state index in [4.69, 9.17) is 0 Å². The van der Waals surface area contributed by atoms with E-state index in [0.717, 1.165) is 18.6 Å². The molecular weight excluding hydrogens is 222 g/mol. The lowest BCUT2D eigenvalue weighted by Gasteiger charge is -2.49. The predicted octanol–water partition coefficient (Wildman–Crippen LogP) is 1.93. The number of likely N-dealkylation sites (N-methyl/N-ethyl adjacent to an activating group) is 1. The van der Waals surface area contributed by atoms with Crippen molar-refractivity contribution in [1.29, 1.82) is 0 Å². The third-order valence-electron chi connectivity index (χ3n) is 5.00. The van der Waals surface area contributed by atoms with E-state index >= 15 is 0 Å². The zero-order valence-corrected chi connectivity index (χ0v) is 12.7. The number of hydrogen-bond acceptors (Lipinski definition) is 3. The van der Waals surface area contributed by atoms with Crippen molar-refractivity contribution in [2.24, 2.45) is 0 Å². The van der Waals surface area contributed by atoms with Crippen molar-refractivity contribution in [3.63, 3.8) is 0 Å². The van der Waals surface area contributed by atoms with Crippen LogP contribution in [0.1, 0.15) is 46.5 Å². The van der Waals surface area contributed by atoms with Crippen LogP contribution in [0.5, 0.6) is 0 Å². The van der Waals surface area contributed by atoms with Crippen molar-refractivity contribution < 1.29 is 0 Å². The molecule has 1 N–H and O–H groups in total. The third kappa shape index (κ3) is 3.25. The molecule has 0 aromatic heterocycles. The summed E-state index contributed by atoms with van der Waals surface area (Å²) in [7, 11) is 2.26. The fourth-order valence-electron chi connectivity index (χ4n) is 3.56. The van der Waals surface area contributed by atoms with Gasteiger partial charge in [-0.2, -0.15) is 0 Å². The summed E-state index contributed by atoms with van der Waals surface area (Å²) in [4.78, 5) is 5.26. The fraction of sp³-hybridized carbons (Fsp3) is 1.00. The highest BCUT2D eigenvalue weighted by Crippen LogP contribution is 2.28. The van der Waals surface area contributed by atoms with Gasteiger partial charge in [0.25, 0.3) is 0 Å². The molecule has 2 atom stereocenters. The van der Waals surface area contributed by atoms with Crippen LogP contribution in [0.3, 0.4) is 0 Å². The zero-order chi connectivity index (χ0) is 13.2. The molecule has 106 valence electrons. The smallest absolute Gasteiger partial charge is 0.0277 e. The summed E-state index contributed by atoms with van der Waals surface area (Å²) in [5.74, 6) is 0. The molecule has 0 aromatic carbocycles. The van der Waals surface area contributed by atoms with Crippen molar-refractivity contribution in [3.05, 3.63) is 0 Å². The number of piperazine rings is 1. The summed E-state index contributed by atoms with van der Waals surface area (Å²) in [6.45, 7) is 11.8. The Labute approximate surface area is 113 Å². The van der Waals surface area contributed by atoms with Gasteiger partial charge in [-0.25, -0.2) is 0 Å². The molecule has 3 heteroatoms. The van der Waals surface area contributed by atoms with Crippen molar-refractivity contribution >= 4 is 0 Å². The molecule has 1 saturated carbocycles. The quantitative estimate of drug-likeness (QED) is 0.829. The van der Waals surface area contributed by atoms with Gasteiger partial charge in [0.15, 0.2) is 0 Å². The number of nitrogens with one attached hydrogen (secondary N) is 1. The summed E-state index contributed by atoms with van der Waals surface area (Å²) >= 11 is 0. The minimum Gasteiger partial charge on any atom is -0.314 e. The summed E-state index contributed by atoms with van der Waals surface area (Å²) < 4.78 is 0. The van der Waals surface area contributed by atoms with E-state index in [1.807, 2.05) is 0 Å². The van der Waals surface area contributed by atoms with Crippen molar-refractivity contribution in [1.82, 2.24) is 15.1 Å². The van der Waals surface area contributed by atoms with Crippen LogP contribution < -0.4 is 5.32 Å². The Hall–Kier alpha value is -0.120. The van der Waals surface area contributed by atoms with Gasteiger partial charge in [0.05, 0.1) is 0 Å². The van der Waals surface area contributed by atoms with Crippen molar-refractivity contribution in [2.75, 3.05) is 33.2 Å². The van der Waals surface area contributed by atoms with Gasteiger partial charge in [-0.15, -0.1) is 0 Å². The SMILES string of the molecule is CCNC1CCCC(N2CCN(C)C(C)(C)C2)C1. The Morgan fingerprint density at radius 2 is 2.00 bits per heavy atom. The molecule has 3 nitrogen and oxygen atoms in total. The maximum absolute atomic E-state index is 3.65. The molecule has 2 unspecified atom stereocenters. The normalized spacial score (nSPS) is 34.7. The average molecular weight is 253 g/mol. The van der Waals surface area contributed by atoms with Crippen LogP contribution >= 0.6 is 0 Å². The lowest BCUT2D eigenvalue weighted by atomic mass is 9.88. The lowest BCUT2D eigenvalue weighted by molar-refractivity contribution is 0.00467. The molecule has 0 aromatic rings. The van der Waals surface area contributed by atoms with Gasteiger partial charge in [-0.05, 0) is 46.7 Å². The second kappa shape index (κ2) is 5.89. The topological polar surface area (TPSA) is 18.5 Å². The number of nitrogens with zero attached hydrogens (tertiary/aromatic N) is 2. The van der Waals surface area contributed by atoms with E-state index in [1.54, 1.807) is 0 Å². The standard InChI is InChI=1S/C15H31N3/c1-5-16-13-7-6-8-14(11-13)18-10-9-17(4)15(2,3)12-18/h13-14,16H,5-12H2,1-4H3. The van der Waals surface area contributed by atoms with Crippen LogP contribution in [0, 0.1) is 0 Å². The molecule has 1 heterocycles. The van der Waals surface area contributed by atoms with Crippen molar-refractivity contribution in [2.45, 2.75) is 64.1 Å². The first kappa shape index (κ1) is 14.3. The summed E-state index contributed by atoms with van der Waals surface area (Å²) in [5, 5.41) is 3.65. The van der Waals surface area contributed by atoms with Crippen LogP contribution in [-0.4, -0.2) is 60.6 Å². The third-order valence-corrected chi connectivity index (χ3v) is 5.00. The van der Waals surface area contributed by atoms with Gasteiger partial charge in [-0.1, -0.05) is 13.3 Å². The maximum Gasteiger partial charge on any atom is 0.0277 e. The Morgan fingerprint density at radius 1 is 1.22 bits per heavy atom. The summed E-state index contributed by atoms with van der Waals surface area (Å²) in [6, 6.07) is 1.58. The Morgan fingerprint density at radius 3 is 2.67 bits per heavy atom. The van der Waals surface area contributed by atoms with Gasteiger partial charge in [0.1, 0.15) is 0 Å². The van der Waals surface area contributed by atoms with E-state index in [0.29, 0.717) is 5.54 Å². The molecule has 1 aliphatic heterocycles. The largest absolute Gasteiger partial charge is 0.314 e. The van der Waals surface area contributed by atoms with Gasteiger partial charge in [0, 0.05) is 37.3 Å².